The number of halogens is 3. The second kappa shape index (κ2) is 4.79. The van der Waals surface area contributed by atoms with Crippen molar-refractivity contribution in [1.29, 1.82) is 0 Å². The first-order valence-corrected chi connectivity index (χ1v) is 4.98. The first-order chi connectivity index (χ1) is 7.00. The summed E-state index contributed by atoms with van der Waals surface area (Å²) >= 11 is 3.99. The minimum absolute atomic E-state index is 0.0981. The molecule has 0 saturated carbocycles. The van der Waals surface area contributed by atoms with E-state index in [1.807, 2.05) is 0 Å². The van der Waals surface area contributed by atoms with E-state index in [-0.39, 0.29) is 5.75 Å². The summed E-state index contributed by atoms with van der Waals surface area (Å²) in [6.45, 7) is 0. The van der Waals surface area contributed by atoms with Gasteiger partial charge in [0.25, 0.3) is 0 Å². The van der Waals surface area contributed by atoms with E-state index in [4.69, 9.17) is 4.74 Å². The topological polar surface area (TPSA) is 9.23 Å². The highest BCUT2D eigenvalue weighted by atomic mass is 32.1. The fraction of sp³-hybridized carbons (Fsp3) is 0.400. The Morgan fingerprint density at radius 2 is 2.00 bits per heavy atom. The Bertz CT molecular complexity index is 336. The van der Waals surface area contributed by atoms with Crippen LogP contribution in [0.25, 0.3) is 0 Å². The van der Waals surface area contributed by atoms with Gasteiger partial charge in [-0.2, -0.15) is 25.8 Å². The number of benzene rings is 1. The van der Waals surface area contributed by atoms with Crippen molar-refractivity contribution < 1.29 is 17.9 Å². The van der Waals surface area contributed by atoms with Crippen LogP contribution in [0.2, 0.25) is 0 Å². The molecule has 0 spiro atoms. The first kappa shape index (κ1) is 12.2. The molecule has 0 unspecified atom stereocenters. The zero-order chi connectivity index (χ0) is 11.5. The van der Waals surface area contributed by atoms with Crippen molar-refractivity contribution in [3.05, 3.63) is 29.3 Å². The molecule has 0 amide bonds. The molecule has 0 aliphatic carbocycles. The Morgan fingerprint density at radius 3 is 2.47 bits per heavy atom. The minimum Gasteiger partial charge on any atom is -0.496 e. The fourth-order valence-corrected chi connectivity index (χ4v) is 1.61. The van der Waals surface area contributed by atoms with E-state index in [0.717, 1.165) is 6.07 Å². The summed E-state index contributed by atoms with van der Waals surface area (Å²) in [6.07, 6.45) is -3.92. The molecule has 15 heavy (non-hydrogen) atoms. The molecule has 1 rings (SSSR count). The predicted molar refractivity (Wildman–Crippen MR) is 55.6 cm³/mol. The van der Waals surface area contributed by atoms with E-state index in [1.54, 1.807) is 6.07 Å². The summed E-state index contributed by atoms with van der Waals surface area (Å²) in [5.41, 5.74) is -0.202. The molecule has 0 bridgehead atoms. The maximum atomic E-state index is 12.6. The van der Waals surface area contributed by atoms with Gasteiger partial charge in [-0.15, -0.1) is 0 Å². The minimum atomic E-state index is -4.38. The summed E-state index contributed by atoms with van der Waals surface area (Å²) in [5, 5.41) is 0. The molecule has 5 heteroatoms. The molecular weight excluding hydrogens is 225 g/mol. The van der Waals surface area contributed by atoms with Gasteiger partial charge in [0.15, 0.2) is 0 Å². The van der Waals surface area contributed by atoms with Crippen LogP contribution in [0.4, 0.5) is 13.2 Å². The quantitative estimate of drug-likeness (QED) is 0.793. The smallest absolute Gasteiger partial charge is 0.419 e. The normalized spacial score (nSPS) is 11.5. The van der Waals surface area contributed by atoms with Gasteiger partial charge in [-0.25, -0.2) is 0 Å². The van der Waals surface area contributed by atoms with Gasteiger partial charge in [-0.3, -0.25) is 0 Å². The van der Waals surface area contributed by atoms with Crippen molar-refractivity contribution in [2.24, 2.45) is 0 Å². The zero-order valence-corrected chi connectivity index (χ0v) is 9.03. The van der Waals surface area contributed by atoms with Crippen molar-refractivity contribution >= 4 is 12.6 Å². The van der Waals surface area contributed by atoms with Gasteiger partial charge in [0.05, 0.1) is 12.7 Å². The average Bonchev–Trinajstić information content (AvgIpc) is 2.16. The fourth-order valence-electron chi connectivity index (χ4n) is 1.37. The lowest BCUT2D eigenvalue weighted by Crippen LogP contribution is -2.09. The number of rotatable bonds is 3. The van der Waals surface area contributed by atoms with E-state index in [1.165, 1.54) is 13.2 Å². The first-order valence-electron chi connectivity index (χ1n) is 4.34. The molecule has 0 atom stereocenters. The number of hydrogen-bond donors (Lipinski definition) is 1. The van der Waals surface area contributed by atoms with Crippen molar-refractivity contribution in [2.75, 3.05) is 12.9 Å². The highest BCUT2D eigenvalue weighted by Crippen LogP contribution is 2.38. The maximum Gasteiger partial charge on any atom is 0.419 e. The molecule has 0 aromatic heterocycles. The van der Waals surface area contributed by atoms with Crippen molar-refractivity contribution in [1.82, 2.24) is 0 Å². The number of ether oxygens (including phenoxy) is 1. The van der Waals surface area contributed by atoms with E-state index < -0.39 is 11.7 Å². The molecule has 0 saturated heterocycles. The monoisotopic (exact) mass is 236 g/mol. The van der Waals surface area contributed by atoms with E-state index in [0.29, 0.717) is 17.7 Å². The van der Waals surface area contributed by atoms with Crippen LogP contribution in [0.5, 0.6) is 5.75 Å². The van der Waals surface area contributed by atoms with Crippen molar-refractivity contribution in [3.63, 3.8) is 0 Å². The molecule has 84 valence electrons. The summed E-state index contributed by atoms with van der Waals surface area (Å²) in [7, 11) is 1.24. The lowest BCUT2D eigenvalue weighted by atomic mass is 10.1. The van der Waals surface area contributed by atoms with Crippen LogP contribution in [-0.4, -0.2) is 12.9 Å². The lowest BCUT2D eigenvalue weighted by molar-refractivity contribution is -0.138. The Morgan fingerprint density at radius 1 is 1.33 bits per heavy atom. The number of hydrogen-bond acceptors (Lipinski definition) is 2. The molecule has 1 aromatic rings. The Hall–Kier alpha value is -0.840. The largest absolute Gasteiger partial charge is 0.496 e. The number of thiol groups is 1. The molecule has 1 nitrogen and oxygen atoms in total. The van der Waals surface area contributed by atoms with Crippen molar-refractivity contribution in [2.45, 2.75) is 12.6 Å². The summed E-state index contributed by atoms with van der Waals surface area (Å²) < 4.78 is 42.5. The van der Waals surface area contributed by atoms with Gasteiger partial charge in [0.1, 0.15) is 5.75 Å². The van der Waals surface area contributed by atoms with Gasteiger partial charge in [-0.1, -0.05) is 12.1 Å². The number of aryl methyl sites for hydroxylation is 1. The maximum absolute atomic E-state index is 12.6. The molecule has 0 aliphatic heterocycles. The summed E-state index contributed by atoms with van der Waals surface area (Å²) in [6, 6.07) is 4.01. The highest BCUT2D eigenvalue weighted by Gasteiger charge is 2.34. The van der Waals surface area contributed by atoms with Crippen molar-refractivity contribution in [3.8, 4) is 5.75 Å². The third-order valence-corrected chi connectivity index (χ3v) is 2.21. The average molecular weight is 236 g/mol. The van der Waals surface area contributed by atoms with Gasteiger partial charge in [-0.05, 0) is 23.8 Å². The van der Waals surface area contributed by atoms with Gasteiger partial charge < -0.3 is 4.74 Å². The van der Waals surface area contributed by atoms with Crippen LogP contribution >= 0.6 is 12.6 Å². The molecule has 0 radical (unpaired) electrons. The molecule has 0 N–H and O–H groups in total. The van der Waals surface area contributed by atoms with Crippen LogP contribution in [0.15, 0.2) is 18.2 Å². The zero-order valence-electron chi connectivity index (χ0n) is 8.14. The van der Waals surface area contributed by atoms with Crippen LogP contribution in [0, 0.1) is 0 Å². The Balaban J connectivity index is 3.22. The highest BCUT2D eigenvalue weighted by molar-refractivity contribution is 7.80. The summed E-state index contributed by atoms with van der Waals surface area (Å²) in [4.78, 5) is 0. The second-order valence-corrected chi connectivity index (χ2v) is 3.42. The van der Waals surface area contributed by atoms with Gasteiger partial charge >= 0.3 is 6.18 Å². The second-order valence-electron chi connectivity index (χ2n) is 2.97. The summed E-state index contributed by atoms with van der Waals surface area (Å²) in [5.74, 6) is 0.386. The van der Waals surface area contributed by atoms with Gasteiger partial charge in [0, 0.05) is 0 Å². The molecule has 0 fully saturated rings. The standard InChI is InChI=1S/C10H11F3OS/c1-14-9-7(5-6-15)3-2-4-8(9)10(11,12)13/h2-4,15H,5-6H2,1H3. The SMILES string of the molecule is COc1c(CCS)cccc1C(F)(F)F. The molecule has 0 aliphatic rings. The van der Waals surface area contributed by atoms with Crippen LogP contribution < -0.4 is 4.74 Å². The Kier molecular flexibility index (Phi) is 3.90. The number of para-hydroxylation sites is 1. The predicted octanol–water partition coefficient (Wildman–Crippen LogP) is 3.19. The van der Waals surface area contributed by atoms with E-state index in [2.05, 4.69) is 12.6 Å². The lowest BCUT2D eigenvalue weighted by Gasteiger charge is -2.14. The van der Waals surface area contributed by atoms with Crippen LogP contribution in [0.1, 0.15) is 11.1 Å². The third kappa shape index (κ3) is 2.81. The third-order valence-electron chi connectivity index (χ3n) is 1.99. The molecule has 1 aromatic carbocycles. The molecule has 0 heterocycles. The van der Waals surface area contributed by atoms with Crippen LogP contribution in [0.3, 0.4) is 0 Å². The number of alkyl halides is 3. The van der Waals surface area contributed by atoms with E-state index >= 15 is 0 Å². The van der Waals surface area contributed by atoms with E-state index in [9.17, 15) is 13.2 Å². The number of methoxy groups -OCH3 is 1. The van der Waals surface area contributed by atoms with Gasteiger partial charge in [0.2, 0.25) is 0 Å². The molecular formula is C10H11F3OS. The van der Waals surface area contributed by atoms with Crippen LogP contribution in [-0.2, 0) is 12.6 Å². The Labute approximate surface area is 91.7 Å².